The number of aromatic nitrogens is 5. The van der Waals surface area contributed by atoms with Gasteiger partial charge in [-0.05, 0) is 41.0 Å². The van der Waals surface area contributed by atoms with E-state index < -0.39 is 0 Å². The lowest BCUT2D eigenvalue weighted by Gasteiger charge is -2.31. The maximum atomic E-state index is 12.9. The zero-order chi connectivity index (χ0) is 21.0. The van der Waals surface area contributed by atoms with E-state index in [0.717, 1.165) is 42.0 Å². The number of fused-ring (bicyclic) bond motifs is 1. The molecule has 0 radical (unpaired) electrons. The Labute approximate surface area is 188 Å². The predicted molar refractivity (Wildman–Crippen MR) is 122 cm³/mol. The molecule has 4 aromatic rings. The van der Waals surface area contributed by atoms with Crippen LogP contribution in [0.4, 0.5) is 0 Å². The number of rotatable bonds is 6. The summed E-state index contributed by atoms with van der Waals surface area (Å²) in [6.07, 6.45) is 2.08. The van der Waals surface area contributed by atoms with Crippen molar-refractivity contribution in [3.05, 3.63) is 65.2 Å². The molecule has 0 spiro atoms. The molecular formula is C22H22N6OS2. The number of thiazole rings is 1. The maximum absolute atomic E-state index is 12.9. The highest BCUT2D eigenvalue weighted by molar-refractivity contribution is 7.99. The Morgan fingerprint density at radius 2 is 1.97 bits per heavy atom. The Hall–Kier alpha value is -2.78. The van der Waals surface area contributed by atoms with Gasteiger partial charge in [-0.25, -0.2) is 9.67 Å². The van der Waals surface area contributed by atoms with Gasteiger partial charge in [0.25, 0.3) is 0 Å². The van der Waals surface area contributed by atoms with Gasteiger partial charge in [0.05, 0.1) is 27.5 Å². The van der Waals surface area contributed by atoms with Crippen LogP contribution in [0.2, 0.25) is 0 Å². The Morgan fingerprint density at radius 3 is 2.84 bits per heavy atom. The first-order chi connectivity index (χ1) is 15.3. The zero-order valence-corrected chi connectivity index (χ0v) is 18.6. The molecule has 1 saturated heterocycles. The number of carbonyl (C=O) groups excluding carboxylic acids is 1. The summed E-state index contributed by atoms with van der Waals surface area (Å²) in [6, 6.07) is 18.3. The number of likely N-dealkylation sites (tertiary alicyclic amines) is 1. The largest absolute Gasteiger partial charge is 0.341 e. The van der Waals surface area contributed by atoms with E-state index in [4.69, 9.17) is 4.98 Å². The van der Waals surface area contributed by atoms with E-state index in [9.17, 15) is 4.79 Å². The van der Waals surface area contributed by atoms with Crippen molar-refractivity contribution in [2.75, 3.05) is 18.8 Å². The minimum absolute atomic E-state index is 0.130. The van der Waals surface area contributed by atoms with E-state index in [1.165, 1.54) is 16.5 Å². The number of thioether (sulfide) groups is 1. The number of nitrogens with zero attached hydrogens (tertiary/aromatic N) is 6. The molecule has 0 bridgehead atoms. The normalized spacial score (nSPS) is 16.6. The van der Waals surface area contributed by atoms with Crippen molar-refractivity contribution >= 4 is 39.2 Å². The van der Waals surface area contributed by atoms with Crippen LogP contribution in [0, 0.1) is 0 Å². The van der Waals surface area contributed by atoms with Gasteiger partial charge in [-0.2, -0.15) is 0 Å². The number of para-hydroxylation sites is 1. The second-order valence-electron chi connectivity index (χ2n) is 7.59. The molecule has 5 rings (SSSR count). The molecule has 1 aliphatic rings. The van der Waals surface area contributed by atoms with Crippen molar-refractivity contribution in [1.82, 2.24) is 30.1 Å². The van der Waals surface area contributed by atoms with E-state index in [2.05, 4.69) is 27.7 Å². The summed E-state index contributed by atoms with van der Waals surface area (Å²) in [6.45, 7) is 2.12. The molecule has 3 heterocycles. The first-order valence-electron chi connectivity index (χ1n) is 10.3. The van der Waals surface area contributed by atoms with Gasteiger partial charge in [0.15, 0.2) is 0 Å². The molecular weight excluding hydrogens is 428 g/mol. The lowest BCUT2D eigenvalue weighted by atomic mass is 9.99. The highest BCUT2D eigenvalue weighted by Gasteiger charge is 2.27. The molecule has 31 heavy (non-hydrogen) atoms. The van der Waals surface area contributed by atoms with Gasteiger partial charge in [0, 0.05) is 19.0 Å². The lowest BCUT2D eigenvalue weighted by molar-refractivity contribution is -0.129. The van der Waals surface area contributed by atoms with Gasteiger partial charge in [-0.3, -0.25) is 4.79 Å². The maximum Gasteiger partial charge on any atom is 0.233 e. The summed E-state index contributed by atoms with van der Waals surface area (Å²) in [5.74, 6) is 0.774. The van der Waals surface area contributed by atoms with Crippen molar-refractivity contribution in [1.29, 1.82) is 0 Å². The fraction of sp³-hybridized carbons (Fsp3) is 0.318. The quantitative estimate of drug-likeness (QED) is 0.416. The molecule has 7 nitrogen and oxygen atoms in total. The topological polar surface area (TPSA) is 76.8 Å². The fourth-order valence-corrected chi connectivity index (χ4v) is 5.72. The second kappa shape index (κ2) is 9.15. The van der Waals surface area contributed by atoms with Crippen LogP contribution in [0.15, 0.2) is 59.8 Å². The summed E-state index contributed by atoms with van der Waals surface area (Å²) in [7, 11) is 0. The Morgan fingerprint density at radius 1 is 1.13 bits per heavy atom. The number of amides is 1. The van der Waals surface area contributed by atoms with E-state index >= 15 is 0 Å². The van der Waals surface area contributed by atoms with Crippen molar-refractivity contribution in [3.8, 4) is 0 Å². The molecule has 1 amide bonds. The molecule has 1 aliphatic heterocycles. The highest BCUT2D eigenvalue weighted by Crippen LogP contribution is 2.33. The number of hydrogen-bond donors (Lipinski definition) is 0. The van der Waals surface area contributed by atoms with Crippen molar-refractivity contribution < 1.29 is 4.79 Å². The number of tetrazole rings is 1. The third-order valence-corrected chi connectivity index (χ3v) is 7.57. The summed E-state index contributed by atoms with van der Waals surface area (Å²) >= 11 is 3.15. The van der Waals surface area contributed by atoms with Crippen LogP contribution in [-0.4, -0.2) is 54.8 Å². The smallest absolute Gasteiger partial charge is 0.233 e. The molecule has 0 aliphatic carbocycles. The van der Waals surface area contributed by atoms with E-state index in [1.54, 1.807) is 16.0 Å². The highest BCUT2D eigenvalue weighted by atomic mass is 32.2. The number of benzene rings is 2. The minimum Gasteiger partial charge on any atom is -0.341 e. The molecule has 2 aromatic carbocycles. The van der Waals surface area contributed by atoms with Crippen LogP contribution < -0.4 is 0 Å². The van der Waals surface area contributed by atoms with Crippen LogP contribution in [-0.2, 0) is 11.3 Å². The van der Waals surface area contributed by atoms with Gasteiger partial charge < -0.3 is 4.90 Å². The van der Waals surface area contributed by atoms with Crippen LogP contribution in [0.3, 0.4) is 0 Å². The van der Waals surface area contributed by atoms with Crippen LogP contribution >= 0.6 is 23.1 Å². The molecule has 9 heteroatoms. The van der Waals surface area contributed by atoms with Crippen LogP contribution in [0.25, 0.3) is 10.2 Å². The molecule has 158 valence electrons. The van der Waals surface area contributed by atoms with Crippen molar-refractivity contribution in [2.45, 2.75) is 30.5 Å². The molecule has 1 atom stereocenters. The van der Waals surface area contributed by atoms with Gasteiger partial charge in [0.2, 0.25) is 11.1 Å². The van der Waals surface area contributed by atoms with Crippen molar-refractivity contribution in [2.24, 2.45) is 0 Å². The zero-order valence-electron chi connectivity index (χ0n) is 16.9. The first-order valence-corrected chi connectivity index (χ1v) is 12.1. The SMILES string of the molecule is O=C(CSc1nnnn1Cc1ccccc1)N1CCCC(c2nc3ccccc3s2)C1. The Balaban J connectivity index is 1.20. The fourth-order valence-electron chi connectivity index (χ4n) is 3.84. The summed E-state index contributed by atoms with van der Waals surface area (Å²) in [5.41, 5.74) is 2.17. The molecule has 0 saturated carbocycles. The van der Waals surface area contributed by atoms with Gasteiger partial charge >= 0.3 is 0 Å². The minimum atomic E-state index is 0.130. The van der Waals surface area contributed by atoms with Crippen LogP contribution in [0.1, 0.15) is 29.3 Å². The third kappa shape index (κ3) is 4.62. The van der Waals surface area contributed by atoms with Crippen LogP contribution in [0.5, 0.6) is 0 Å². The van der Waals surface area contributed by atoms with E-state index in [1.807, 2.05) is 47.4 Å². The van der Waals surface area contributed by atoms with Gasteiger partial charge in [-0.15, -0.1) is 16.4 Å². The summed E-state index contributed by atoms with van der Waals surface area (Å²) < 4.78 is 2.95. The van der Waals surface area contributed by atoms with E-state index in [-0.39, 0.29) is 5.91 Å². The first kappa shape index (κ1) is 20.1. The number of carbonyl (C=O) groups is 1. The van der Waals surface area contributed by atoms with E-state index in [0.29, 0.717) is 23.4 Å². The van der Waals surface area contributed by atoms with Gasteiger partial charge in [0.1, 0.15) is 0 Å². The number of piperidine rings is 1. The van der Waals surface area contributed by atoms with Gasteiger partial charge in [-0.1, -0.05) is 54.2 Å². The standard InChI is InChI=1S/C22H22N6OS2/c29-20(15-30-22-24-25-26-28(22)13-16-7-2-1-3-8-16)27-12-6-9-17(14-27)21-23-18-10-4-5-11-19(18)31-21/h1-5,7-8,10-11,17H,6,9,12-15H2. The number of hydrogen-bond acceptors (Lipinski definition) is 7. The average molecular weight is 451 g/mol. The average Bonchev–Trinajstić information content (AvgIpc) is 3.45. The Kier molecular flexibility index (Phi) is 5.95. The predicted octanol–water partition coefficient (Wildman–Crippen LogP) is 3.83. The molecule has 2 aromatic heterocycles. The summed E-state index contributed by atoms with van der Waals surface area (Å²) in [4.78, 5) is 19.7. The Bertz CT molecular complexity index is 1140. The molecule has 0 N–H and O–H groups in total. The summed E-state index contributed by atoms with van der Waals surface area (Å²) in [5, 5.41) is 13.8. The second-order valence-corrected chi connectivity index (χ2v) is 9.60. The molecule has 1 fully saturated rings. The third-order valence-electron chi connectivity index (χ3n) is 5.43. The van der Waals surface area contributed by atoms with Crippen molar-refractivity contribution in [3.63, 3.8) is 0 Å². The molecule has 1 unspecified atom stereocenters. The monoisotopic (exact) mass is 450 g/mol. The lowest BCUT2D eigenvalue weighted by Crippen LogP contribution is -2.40.